The molecular weight excluding hydrogens is 216 g/mol. The summed E-state index contributed by atoms with van der Waals surface area (Å²) >= 11 is 0. The predicted octanol–water partition coefficient (Wildman–Crippen LogP) is 2.02. The molecule has 0 saturated heterocycles. The molecule has 0 spiro atoms. The maximum Gasteiger partial charge on any atom is 0.241 e. The van der Waals surface area contributed by atoms with Crippen LogP contribution in [0.25, 0.3) is 0 Å². The van der Waals surface area contributed by atoms with Gasteiger partial charge in [-0.3, -0.25) is 4.79 Å². The van der Waals surface area contributed by atoms with E-state index in [4.69, 9.17) is 4.74 Å². The number of carbonyl (C=O) groups is 1. The highest BCUT2D eigenvalue weighted by Crippen LogP contribution is 2.22. The second-order valence-corrected chi connectivity index (χ2v) is 4.23. The van der Waals surface area contributed by atoms with Crippen molar-refractivity contribution in [2.45, 2.75) is 32.9 Å². The smallest absolute Gasteiger partial charge is 0.241 e. The number of nitrogens with one attached hydrogen (secondary N) is 2. The van der Waals surface area contributed by atoms with Crippen molar-refractivity contribution in [1.29, 1.82) is 0 Å². The van der Waals surface area contributed by atoms with Gasteiger partial charge in [-0.15, -0.1) is 0 Å². The third-order valence-electron chi connectivity index (χ3n) is 2.34. The minimum atomic E-state index is -0.236. The molecule has 1 atom stereocenters. The molecule has 0 aliphatic carbocycles. The summed E-state index contributed by atoms with van der Waals surface area (Å²) in [5, 5.41) is 5.99. The number of hydrogen-bond donors (Lipinski definition) is 2. The van der Waals surface area contributed by atoms with Crippen LogP contribution in [0, 0.1) is 0 Å². The van der Waals surface area contributed by atoms with Crippen LogP contribution in [0.3, 0.4) is 0 Å². The molecule has 1 aromatic carbocycles. The summed E-state index contributed by atoms with van der Waals surface area (Å²) in [5.41, 5.74) is 0.692. The third-order valence-corrected chi connectivity index (χ3v) is 2.34. The molecule has 94 valence electrons. The molecule has 4 nitrogen and oxygen atoms in total. The molecule has 0 fully saturated rings. The van der Waals surface area contributed by atoms with Gasteiger partial charge in [0.25, 0.3) is 0 Å². The maximum absolute atomic E-state index is 11.9. The predicted molar refractivity (Wildman–Crippen MR) is 69.4 cm³/mol. The van der Waals surface area contributed by atoms with Crippen molar-refractivity contribution in [3.8, 4) is 5.75 Å². The Balaban J connectivity index is 2.67. The summed E-state index contributed by atoms with van der Waals surface area (Å²) in [5.74, 6) is 0.598. The second kappa shape index (κ2) is 6.25. The molecule has 0 radical (unpaired) electrons. The van der Waals surface area contributed by atoms with Crippen LogP contribution < -0.4 is 15.4 Å². The van der Waals surface area contributed by atoms with E-state index in [0.29, 0.717) is 11.4 Å². The number of carbonyl (C=O) groups excluding carboxylic acids is 1. The van der Waals surface area contributed by atoms with Crippen molar-refractivity contribution < 1.29 is 9.53 Å². The Morgan fingerprint density at radius 1 is 1.24 bits per heavy atom. The van der Waals surface area contributed by atoms with Gasteiger partial charge in [0, 0.05) is 6.04 Å². The lowest BCUT2D eigenvalue weighted by molar-refractivity contribution is -0.117. The van der Waals surface area contributed by atoms with Gasteiger partial charge < -0.3 is 15.4 Å². The van der Waals surface area contributed by atoms with Crippen LogP contribution in [0.5, 0.6) is 5.75 Å². The Labute approximate surface area is 102 Å². The summed E-state index contributed by atoms with van der Waals surface area (Å²) in [6.07, 6.45) is 0. The van der Waals surface area contributed by atoms with E-state index in [1.807, 2.05) is 45.0 Å². The fraction of sp³-hybridized carbons (Fsp3) is 0.462. The second-order valence-electron chi connectivity index (χ2n) is 4.23. The Kier molecular flexibility index (Phi) is 4.97. The topological polar surface area (TPSA) is 50.4 Å². The number of methoxy groups -OCH3 is 1. The average molecular weight is 236 g/mol. The summed E-state index contributed by atoms with van der Waals surface area (Å²) in [6.45, 7) is 5.85. The molecule has 1 rings (SSSR count). The Morgan fingerprint density at radius 2 is 1.88 bits per heavy atom. The highest BCUT2D eigenvalue weighted by Gasteiger charge is 2.14. The minimum Gasteiger partial charge on any atom is -0.495 e. The number of ether oxygens (including phenoxy) is 1. The number of hydrogen-bond acceptors (Lipinski definition) is 3. The molecule has 0 saturated carbocycles. The van der Waals surface area contributed by atoms with Crippen LogP contribution in [-0.4, -0.2) is 25.1 Å². The summed E-state index contributed by atoms with van der Waals surface area (Å²) in [7, 11) is 1.58. The van der Waals surface area contributed by atoms with Gasteiger partial charge in [0.2, 0.25) is 5.91 Å². The van der Waals surface area contributed by atoms with Gasteiger partial charge in [0.1, 0.15) is 5.75 Å². The SMILES string of the molecule is COc1ccccc1NC(=O)C(C)NC(C)C. The zero-order chi connectivity index (χ0) is 12.8. The van der Waals surface area contributed by atoms with Crippen molar-refractivity contribution in [3.05, 3.63) is 24.3 Å². The number of para-hydroxylation sites is 2. The van der Waals surface area contributed by atoms with E-state index < -0.39 is 0 Å². The first-order valence-corrected chi connectivity index (χ1v) is 5.74. The van der Waals surface area contributed by atoms with E-state index in [1.54, 1.807) is 7.11 Å². The lowest BCUT2D eigenvalue weighted by Gasteiger charge is -2.17. The Bertz CT molecular complexity index is 377. The molecule has 1 amide bonds. The zero-order valence-electron chi connectivity index (χ0n) is 10.8. The molecule has 4 heteroatoms. The number of rotatable bonds is 5. The molecule has 0 aliphatic heterocycles. The van der Waals surface area contributed by atoms with Crippen LogP contribution in [0.15, 0.2) is 24.3 Å². The monoisotopic (exact) mass is 236 g/mol. The van der Waals surface area contributed by atoms with Gasteiger partial charge >= 0.3 is 0 Å². The highest BCUT2D eigenvalue weighted by atomic mass is 16.5. The third kappa shape index (κ3) is 4.07. The van der Waals surface area contributed by atoms with Crippen LogP contribution >= 0.6 is 0 Å². The van der Waals surface area contributed by atoms with Crippen molar-refractivity contribution in [3.63, 3.8) is 0 Å². The maximum atomic E-state index is 11.9. The van der Waals surface area contributed by atoms with E-state index >= 15 is 0 Å². The Hall–Kier alpha value is -1.55. The van der Waals surface area contributed by atoms with Crippen molar-refractivity contribution in [1.82, 2.24) is 5.32 Å². The molecule has 1 unspecified atom stereocenters. The first kappa shape index (κ1) is 13.5. The number of anilines is 1. The van der Waals surface area contributed by atoms with Crippen LogP contribution in [0.2, 0.25) is 0 Å². The molecule has 17 heavy (non-hydrogen) atoms. The molecule has 0 heterocycles. The molecule has 2 N–H and O–H groups in total. The van der Waals surface area contributed by atoms with E-state index in [1.165, 1.54) is 0 Å². The van der Waals surface area contributed by atoms with Gasteiger partial charge in [0.05, 0.1) is 18.8 Å². The van der Waals surface area contributed by atoms with E-state index in [9.17, 15) is 4.79 Å². The molecule has 0 bridgehead atoms. The van der Waals surface area contributed by atoms with Gasteiger partial charge in [-0.05, 0) is 19.1 Å². The number of benzene rings is 1. The van der Waals surface area contributed by atoms with Crippen molar-refractivity contribution in [2.24, 2.45) is 0 Å². The summed E-state index contributed by atoms with van der Waals surface area (Å²) in [6, 6.07) is 7.39. The minimum absolute atomic E-state index is 0.0665. The van der Waals surface area contributed by atoms with E-state index in [2.05, 4.69) is 10.6 Å². The lowest BCUT2D eigenvalue weighted by Crippen LogP contribution is -2.41. The summed E-state index contributed by atoms with van der Waals surface area (Å²) in [4.78, 5) is 11.9. The zero-order valence-corrected chi connectivity index (χ0v) is 10.8. The largest absolute Gasteiger partial charge is 0.495 e. The molecule has 1 aromatic rings. The van der Waals surface area contributed by atoms with Crippen LogP contribution in [0.4, 0.5) is 5.69 Å². The standard InChI is InChI=1S/C13H20N2O2/c1-9(2)14-10(3)13(16)15-11-7-5-6-8-12(11)17-4/h5-10,14H,1-4H3,(H,15,16). The van der Waals surface area contributed by atoms with Gasteiger partial charge in [0.15, 0.2) is 0 Å². The van der Waals surface area contributed by atoms with Gasteiger partial charge in [-0.2, -0.15) is 0 Å². The van der Waals surface area contributed by atoms with Gasteiger partial charge in [-0.1, -0.05) is 26.0 Å². The molecule has 0 aromatic heterocycles. The van der Waals surface area contributed by atoms with E-state index in [0.717, 1.165) is 0 Å². The first-order chi connectivity index (χ1) is 8.04. The normalized spacial score (nSPS) is 12.3. The first-order valence-electron chi connectivity index (χ1n) is 5.74. The summed E-state index contributed by atoms with van der Waals surface area (Å²) < 4.78 is 5.17. The lowest BCUT2D eigenvalue weighted by atomic mass is 10.2. The number of amides is 1. The van der Waals surface area contributed by atoms with Crippen LogP contribution in [-0.2, 0) is 4.79 Å². The van der Waals surface area contributed by atoms with Crippen molar-refractivity contribution in [2.75, 3.05) is 12.4 Å². The Morgan fingerprint density at radius 3 is 2.47 bits per heavy atom. The molecule has 0 aliphatic rings. The highest BCUT2D eigenvalue weighted by molar-refractivity contribution is 5.95. The van der Waals surface area contributed by atoms with Crippen molar-refractivity contribution >= 4 is 11.6 Å². The van der Waals surface area contributed by atoms with Crippen LogP contribution in [0.1, 0.15) is 20.8 Å². The quantitative estimate of drug-likeness (QED) is 0.822. The average Bonchev–Trinajstić information content (AvgIpc) is 2.28. The fourth-order valence-corrected chi connectivity index (χ4v) is 1.56. The molecular formula is C13H20N2O2. The van der Waals surface area contributed by atoms with E-state index in [-0.39, 0.29) is 18.0 Å². The van der Waals surface area contributed by atoms with Gasteiger partial charge in [-0.25, -0.2) is 0 Å². The fourth-order valence-electron chi connectivity index (χ4n) is 1.56.